The van der Waals surface area contributed by atoms with Crippen LogP contribution < -0.4 is 9.62 Å². The number of amides is 2. The molecule has 2 amide bonds. The lowest BCUT2D eigenvalue weighted by atomic mass is 10.1. The molecule has 0 aliphatic rings. The third-order valence-electron chi connectivity index (χ3n) is 5.13. The van der Waals surface area contributed by atoms with Crippen LogP contribution in [0.15, 0.2) is 42.5 Å². The summed E-state index contributed by atoms with van der Waals surface area (Å²) in [6.45, 7) is 0.892. The minimum absolute atomic E-state index is 0.0894. The average molecular weight is 533 g/mol. The van der Waals surface area contributed by atoms with Crippen LogP contribution >= 0.6 is 23.2 Å². The van der Waals surface area contributed by atoms with E-state index in [9.17, 15) is 22.4 Å². The standard InChI is InChI=1S/C22H27Cl2FN4O4S/c1-5-19(22(31)26-2)28(13-15-10-11-16(23)12-17(15)24)21(30)14-29(34(32,33)27(3)4)20-9-7-6-8-18(20)25/h6-12,19H,5,13-14H2,1-4H3,(H,26,31). The van der Waals surface area contributed by atoms with E-state index in [1.54, 1.807) is 19.1 Å². The van der Waals surface area contributed by atoms with Crippen LogP contribution in [0.25, 0.3) is 0 Å². The van der Waals surface area contributed by atoms with Crippen molar-refractivity contribution in [2.45, 2.75) is 25.9 Å². The maximum Gasteiger partial charge on any atom is 0.304 e. The molecule has 12 heteroatoms. The Morgan fingerprint density at radius 2 is 1.76 bits per heavy atom. The third-order valence-corrected chi connectivity index (χ3v) is 7.52. The van der Waals surface area contributed by atoms with E-state index in [4.69, 9.17) is 23.2 Å². The summed E-state index contributed by atoms with van der Waals surface area (Å²) in [7, 11) is -0.265. The van der Waals surface area contributed by atoms with Gasteiger partial charge in [0.2, 0.25) is 11.8 Å². The molecule has 1 atom stereocenters. The van der Waals surface area contributed by atoms with Crippen LogP contribution in [-0.2, 0) is 26.3 Å². The van der Waals surface area contributed by atoms with Crippen molar-refractivity contribution in [1.82, 2.24) is 14.5 Å². The number of hydrogen-bond acceptors (Lipinski definition) is 4. The van der Waals surface area contributed by atoms with Crippen LogP contribution in [0.4, 0.5) is 10.1 Å². The second-order valence-corrected chi connectivity index (χ2v) is 10.5. The summed E-state index contributed by atoms with van der Waals surface area (Å²) in [5, 5.41) is 3.19. The molecule has 2 aromatic rings. The summed E-state index contributed by atoms with van der Waals surface area (Å²) in [6, 6.07) is 9.03. The van der Waals surface area contributed by atoms with Crippen molar-refractivity contribution >= 4 is 50.9 Å². The van der Waals surface area contributed by atoms with Crippen LogP contribution in [-0.4, -0.2) is 63.2 Å². The molecule has 0 saturated heterocycles. The number of hydrogen-bond donors (Lipinski definition) is 1. The molecular weight excluding hydrogens is 506 g/mol. The first-order valence-electron chi connectivity index (χ1n) is 10.3. The van der Waals surface area contributed by atoms with Gasteiger partial charge in [-0.05, 0) is 36.2 Å². The SMILES string of the molecule is CCC(C(=O)NC)N(Cc1ccc(Cl)cc1Cl)C(=O)CN(c1ccccc1F)S(=O)(=O)N(C)C. The Morgan fingerprint density at radius 3 is 2.29 bits per heavy atom. The lowest BCUT2D eigenvalue weighted by molar-refractivity contribution is -0.140. The van der Waals surface area contributed by atoms with Crippen LogP contribution in [0.2, 0.25) is 10.0 Å². The van der Waals surface area contributed by atoms with Gasteiger partial charge in [0.1, 0.15) is 18.4 Å². The smallest absolute Gasteiger partial charge is 0.304 e. The van der Waals surface area contributed by atoms with E-state index in [0.29, 0.717) is 14.9 Å². The molecule has 0 saturated carbocycles. The minimum atomic E-state index is -4.25. The molecule has 2 rings (SSSR count). The fourth-order valence-electron chi connectivity index (χ4n) is 3.28. The molecule has 1 N–H and O–H groups in total. The summed E-state index contributed by atoms with van der Waals surface area (Å²) < 4.78 is 42.2. The lowest BCUT2D eigenvalue weighted by Crippen LogP contribution is -2.53. The molecule has 0 aliphatic heterocycles. The van der Waals surface area contributed by atoms with Crippen molar-refractivity contribution in [1.29, 1.82) is 0 Å². The highest BCUT2D eigenvalue weighted by molar-refractivity contribution is 7.90. The number of carbonyl (C=O) groups excluding carboxylic acids is 2. The third kappa shape index (κ3) is 6.38. The Labute approximate surface area is 209 Å². The van der Waals surface area contributed by atoms with E-state index < -0.39 is 40.4 Å². The average Bonchev–Trinajstić information content (AvgIpc) is 2.78. The van der Waals surface area contributed by atoms with Gasteiger partial charge < -0.3 is 10.2 Å². The number of nitrogens with one attached hydrogen (secondary N) is 1. The van der Waals surface area contributed by atoms with Gasteiger partial charge in [0.05, 0.1) is 5.69 Å². The second-order valence-electron chi connectivity index (χ2n) is 7.54. The molecule has 1 unspecified atom stereocenters. The zero-order valence-electron chi connectivity index (χ0n) is 19.3. The molecule has 0 bridgehead atoms. The topological polar surface area (TPSA) is 90.0 Å². The Bertz CT molecular complexity index is 1150. The molecule has 34 heavy (non-hydrogen) atoms. The van der Waals surface area contributed by atoms with E-state index in [-0.39, 0.29) is 23.7 Å². The number of para-hydroxylation sites is 1. The van der Waals surface area contributed by atoms with Gasteiger partial charge in [0.15, 0.2) is 0 Å². The Morgan fingerprint density at radius 1 is 1.12 bits per heavy atom. The zero-order valence-corrected chi connectivity index (χ0v) is 21.6. The predicted molar refractivity (Wildman–Crippen MR) is 132 cm³/mol. The number of anilines is 1. The van der Waals surface area contributed by atoms with E-state index in [1.165, 1.54) is 50.3 Å². The molecule has 8 nitrogen and oxygen atoms in total. The number of carbonyl (C=O) groups is 2. The van der Waals surface area contributed by atoms with Crippen molar-refractivity contribution in [3.8, 4) is 0 Å². The van der Waals surface area contributed by atoms with Crippen LogP contribution in [0.1, 0.15) is 18.9 Å². The lowest BCUT2D eigenvalue weighted by Gasteiger charge is -2.33. The summed E-state index contributed by atoms with van der Waals surface area (Å²) in [5.74, 6) is -1.96. The van der Waals surface area contributed by atoms with Gasteiger partial charge in [-0.15, -0.1) is 0 Å². The van der Waals surface area contributed by atoms with Crippen molar-refractivity contribution < 1.29 is 22.4 Å². The molecule has 186 valence electrons. The maximum absolute atomic E-state index is 14.6. The number of likely N-dealkylation sites (N-methyl/N-ethyl adjacent to an activating group) is 1. The molecule has 2 aromatic carbocycles. The van der Waals surface area contributed by atoms with E-state index >= 15 is 0 Å². The monoisotopic (exact) mass is 532 g/mol. The first kappa shape index (κ1) is 27.8. The van der Waals surface area contributed by atoms with Crippen molar-refractivity contribution in [3.05, 3.63) is 63.9 Å². The zero-order chi connectivity index (χ0) is 25.6. The van der Waals surface area contributed by atoms with Crippen molar-refractivity contribution in [2.24, 2.45) is 0 Å². The van der Waals surface area contributed by atoms with Gasteiger partial charge in [0, 0.05) is 37.7 Å². The van der Waals surface area contributed by atoms with Gasteiger partial charge in [-0.25, -0.2) is 8.70 Å². The van der Waals surface area contributed by atoms with E-state index in [1.807, 2.05) is 0 Å². The van der Waals surface area contributed by atoms with Crippen molar-refractivity contribution in [2.75, 3.05) is 32.0 Å². The van der Waals surface area contributed by atoms with Gasteiger partial charge in [-0.3, -0.25) is 9.59 Å². The maximum atomic E-state index is 14.6. The number of nitrogens with zero attached hydrogens (tertiary/aromatic N) is 3. The predicted octanol–water partition coefficient (Wildman–Crippen LogP) is 3.30. The number of benzene rings is 2. The quantitative estimate of drug-likeness (QED) is 0.508. The number of rotatable bonds is 10. The Kier molecular flexibility index (Phi) is 9.69. The largest absolute Gasteiger partial charge is 0.357 e. The molecule has 0 heterocycles. The molecule has 0 aliphatic carbocycles. The summed E-state index contributed by atoms with van der Waals surface area (Å²) in [5.41, 5.74) is 0.219. The second kappa shape index (κ2) is 11.8. The summed E-state index contributed by atoms with van der Waals surface area (Å²) >= 11 is 12.3. The Hall–Kier alpha value is -2.40. The van der Waals surface area contributed by atoms with Crippen LogP contribution in [0.5, 0.6) is 0 Å². The van der Waals surface area contributed by atoms with E-state index in [2.05, 4.69) is 5.32 Å². The molecule has 0 spiro atoms. The first-order chi connectivity index (χ1) is 15.9. The Balaban J connectivity index is 2.54. The van der Waals surface area contributed by atoms with Crippen LogP contribution in [0, 0.1) is 5.82 Å². The van der Waals surface area contributed by atoms with E-state index in [0.717, 1.165) is 10.4 Å². The highest BCUT2D eigenvalue weighted by Crippen LogP contribution is 2.26. The fourth-order valence-corrected chi connectivity index (χ4v) is 4.81. The molecule has 0 radical (unpaired) electrons. The normalized spacial score (nSPS) is 12.4. The van der Waals surface area contributed by atoms with Gasteiger partial charge in [0.25, 0.3) is 0 Å². The molecule has 0 fully saturated rings. The fraction of sp³-hybridized carbons (Fsp3) is 0.364. The van der Waals surface area contributed by atoms with Gasteiger partial charge >= 0.3 is 10.2 Å². The summed E-state index contributed by atoms with van der Waals surface area (Å²) in [6.07, 6.45) is 0.247. The highest BCUT2D eigenvalue weighted by Gasteiger charge is 2.34. The van der Waals surface area contributed by atoms with Crippen LogP contribution in [0.3, 0.4) is 0 Å². The highest BCUT2D eigenvalue weighted by atomic mass is 35.5. The molecule has 0 aromatic heterocycles. The van der Waals surface area contributed by atoms with Crippen molar-refractivity contribution in [3.63, 3.8) is 0 Å². The van der Waals surface area contributed by atoms with Gasteiger partial charge in [-0.1, -0.05) is 48.3 Å². The molecular formula is C22H27Cl2FN4O4S. The van der Waals surface area contributed by atoms with Gasteiger partial charge in [-0.2, -0.15) is 12.7 Å². The minimum Gasteiger partial charge on any atom is -0.357 e. The number of halogens is 3. The first-order valence-corrected chi connectivity index (χ1v) is 12.5. The summed E-state index contributed by atoms with van der Waals surface area (Å²) in [4.78, 5) is 27.3.